The van der Waals surface area contributed by atoms with E-state index in [0.717, 1.165) is 0 Å². The Bertz CT molecular complexity index is 1270. The minimum Gasteiger partial charge on any atom is -0.497 e. The Hall–Kier alpha value is -4.07. The van der Waals surface area contributed by atoms with Crippen LogP contribution in [0.3, 0.4) is 0 Å². The summed E-state index contributed by atoms with van der Waals surface area (Å²) in [5, 5.41) is 0.626. The van der Waals surface area contributed by atoms with Gasteiger partial charge in [-0.25, -0.2) is 14.0 Å². The summed E-state index contributed by atoms with van der Waals surface area (Å²) >= 11 is 0. The van der Waals surface area contributed by atoms with Crippen molar-refractivity contribution in [3.8, 4) is 11.5 Å². The molecule has 0 atom stereocenters. The quantitative estimate of drug-likeness (QED) is 0.319. The highest BCUT2D eigenvalue weighted by Crippen LogP contribution is 2.23. The van der Waals surface area contributed by atoms with Crippen molar-refractivity contribution >= 4 is 16.9 Å². The minimum atomic E-state index is -0.692. The topological polar surface area (TPSA) is 88.1 Å². The third-order valence-electron chi connectivity index (χ3n) is 4.45. The van der Waals surface area contributed by atoms with Gasteiger partial charge >= 0.3 is 11.6 Å². The molecule has 0 saturated heterocycles. The van der Waals surface area contributed by atoms with E-state index in [1.165, 1.54) is 43.5 Å². The molecule has 0 aliphatic carbocycles. The number of methoxy groups -OCH3 is 1. The summed E-state index contributed by atoms with van der Waals surface area (Å²) in [5.74, 6) is 0.339. The summed E-state index contributed by atoms with van der Waals surface area (Å²) in [6.07, 6.45) is 0. The summed E-state index contributed by atoms with van der Waals surface area (Å²) in [5.41, 5.74) is 0.259. The number of carbonyl (C=O) groups excluding carboxylic acids is 1. The van der Waals surface area contributed by atoms with E-state index in [1.807, 2.05) is 0 Å². The number of fused-ring (bicyclic) bond motifs is 1. The van der Waals surface area contributed by atoms with Crippen molar-refractivity contribution < 1.29 is 32.2 Å². The number of hydrogen-bond donors (Lipinski definition) is 0. The molecule has 7 nitrogen and oxygen atoms in total. The lowest BCUT2D eigenvalue weighted by molar-refractivity contribution is 0.0433. The zero-order valence-corrected chi connectivity index (χ0v) is 16.4. The van der Waals surface area contributed by atoms with Crippen molar-refractivity contribution in [1.29, 1.82) is 0 Å². The van der Waals surface area contributed by atoms with Gasteiger partial charge in [-0.05, 0) is 48.5 Å². The van der Waals surface area contributed by atoms with Gasteiger partial charge < -0.3 is 23.0 Å². The first-order chi connectivity index (χ1) is 15.0. The molecule has 0 bridgehead atoms. The third-order valence-corrected chi connectivity index (χ3v) is 4.45. The van der Waals surface area contributed by atoms with Crippen LogP contribution in [0.2, 0.25) is 0 Å². The molecule has 2 aromatic heterocycles. The van der Waals surface area contributed by atoms with Gasteiger partial charge in [0.2, 0.25) is 5.76 Å². The second-order valence-corrected chi connectivity index (χ2v) is 6.54. The largest absolute Gasteiger partial charge is 0.497 e. The summed E-state index contributed by atoms with van der Waals surface area (Å²) in [4.78, 5) is 24.2. The molecule has 0 aliphatic heterocycles. The molecule has 8 heteroatoms. The van der Waals surface area contributed by atoms with Crippen molar-refractivity contribution in [2.45, 2.75) is 13.2 Å². The zero-order valence-electron chi connectivity index (χ0n) is 16.4. The van der Waals surface area contributed by atoms with Crippen LogP contribution in [0.4, 0.5) is 4.39 Å². The van der Waals surface area contributed by atoms with Gasteiger partial charge in [-0.15, -0.1) is 0 Å². The highest BCUT2D eigenvalue weighted by Gasteiger charge is 2.15. The molecule has 2 aromatic carbocycles. The Morgan fingerprint density at radius 3 is 2.48 bits per heavy atom. The zero-order chi connectivity index (χ0) is 21.8. The summed E-state index contributed by atoms with van der Waals surface area (Å²) < 4.78 is 39.5. The molecule has 0 unspecified atom stereocenters. The molecule has 31 heavy (non-hydrogen) atoms. The van der Waals surface area contributed by atoms with Crippen LogP contribution in [0.1, 0.15) is 21.9 Å². The van der Waals surface area contributed by atoms with Gasteiger partial charge in [-0.1, -0.05) is 0 Å². The van der Waals surface area contributed by atoms with Crippen molar-refractivity contribution in [3.63, 3.8) is 0 Å². The molecule has 0 spiro atoms. The first-order valence-corrected chi connectivity index (χ1v) is 9.27. The average molecular weight is 424 g/mol. The third kappa shape index (κ3) is 4.75. The van der Waals surface area contributed by atoms with Crippen molar-refractivity contribution in [2.24, 2.45) is 0 Å². The number of hydrogen-bond acceptors (Lipinski definition) is 7. The first kappa shape index (κ1) is 20.2. The van der Waals surface area contributed by atoms with Crippen LogP contribution in [0, 0.1) is 5.82 Å². The number of carbonyl (C=O) groups is 1. The van der Waals surface area contributed by atoms with E-state index >= 15 is 0 Å². The van der Waals surface area contributed by atoms with E-state index in [1.54, 1.807) is 24.3 Å². The fraction of sp³-hybridized carbons (Fsp3) is 0.130. The van der Waals surface area contributed by atoms with E-state index in [9.17, 15) is 14.0 Å². The van der Waals surface area contributed by atoms with E-state index in [2.05, 4.69) is 0 Å². The summed E-state index contributed by atoms with van der Waals surface area (Å²) in [6, 6.07) is 14.9. The number of benzene rings is 2. The SMILES string of the molecule is COc1ccc2c(COC(=O)c3ccc(COc4ccc(F)cc4)o3)cc(=O)oc2c1. The van der Waals surface area contributed by atoms with Gasteiger partial charge in [-0.3, -0.25) is 0 Å². The first-order valence-electron chi connectivity index (χ1n) is 9.27. The molecule has 0 aliphatic rings. The normalized spacial score (nSPS) is 10.8. The summed E-state index contributed by atoms with van der Waals surface area (Å²) in [6.45, 7) is -0.0828. The lowest BCUT2D eigenvalue weighted by Crippen LogP contribution is -2.07. The van der Waals surface area contributed by atoms with Crippen LogP contribution >= 0.6 is 0 Å². The molecule has 0 N–H and O–H groups in total. The van der Waals surface area contributed by atoms with Crippen LogP contribution in [-0.2, 0) is 18.0 Å². The molecule has 0 fully saturated rings. The van der Waals surface area contributed by atoms with E-state index in [0.29, 0.717) is 33.8 Å². The maximum Gasteiger partial charge on any atom is 0.374 e. The highest BCUT2D eigenvalue weighted by atomic mass is 19.1. The van der Waals surface area contributed by atoms with E-state index in [-0.39, 0.29) is 24.8 Å². The standard InChI is InChI=1S/C23H17FO7/c1-27-17-6-8-19-14(10-22(25)31-21(19)11-17)12-29-23(26)20-9-7-18(30-20)13-28-16-4-2-15(24)3-5-16/h2-11H,12-13H2,1H3. The van der Waals surface area contributed by atoms with Gasteiger partial charge in [0.05, 0.1) is 7.11 Å². The van der Waals surface area contributed by atoms with Crippen LogP contribution in [-0.4, -0.2) is 13.1 Å². The van der Waals surface area contributed by atoms with Crippen molar-refractivity contribution in [2.75, 3.05) is 7.11 Å². The predicted molar refractivity (Wildman–Crippen MR) is 108 cm³/mol. The molecule has 158 valence electrons. The highest BCUT2D eigenvalue weighted by molar-refractivity contribution is 5.87. The monoisotopic (exact) mass is 424 g/mol. The Labute approximate surface area is 175 Å². The lowest BCUT2D eigenvalue weighted by Gasteiger charge is -2.07. The molecule has 2 heterocycles. The molecule has 4 rings (SSSR count). The lowest BCUT2D eigenvalue weighted by atomic mass is 10.1. The maximum atomic E-state index is 12.9. The van der Waals surface area contributed by atoms with Crippen LogP contribution in [0.25, 0.3) is 11.0 Å². The van der Waals surface area contributed by atoms with Crippen LogP contribution in [0.5, 0.6) is 11.5 Å². The fourth-order valence-electron chi connectivity index (χ4n) is 2.92. The smallest absolute Gasteiger partial charge is 0.374 e. The summed E-state index contributed by atoms with van der Waals surface area (Å²) in [7, 11) is 1.51. The van der Waals surface area contributed by atoms with Crippen LogP contribution < -0.4 is 15.1 Å². The second kappa shape index (κ2) is 8.74. The molecular weight excluding hydrogens is 407 g/mol. The maximum absolute atomic E-state index is 12.9. The molecular formula is C23H17FO7. The Balaban J connectivity index is 1.41. The number of furan rings is 1. The molecule has 4 aromatic rings. The Morgan fingerprint density at radius 1 is 0.935 bits per heavy atom. The number of ether oxygens (including phenoxy) is 3. The van der Waals surface area contributed by atoms with Gasteiger partial charge in [0, 0.05) is 23.1 Å². The van der Waals surface area contributed by atoms with Gasteiger partial charge in [-0.2, -0.15) is 0 Å². The Morgan fingerprint density at radius 2 is 1.71 bits per heavy atom. The van der Waals surface area contributed by atoms with Crippen molar-refractivity contribution in [3.05, 3.63) is 94.0 Å². The minimum absolute atomic E-state index is 0.00773. The van der Waals surface area contributed by atoms with Gasteiger partial charge in [0.1, 0.15) is 41.9 Å². The van der Waals surface area contributed by atoms with E-state index in [4.69, 9.17) is 23.0 Å². The molecule has 0 amide bonds. The second-order valence-electron chi connectivity index (χ2n) is 6.54. The van der Waals surface area contributed by atoms with Gasteiger partial charge in [0.25, 0.3) is 0 Å². The number of rotatable bonds is 7. The predicted octanol–water partition coefficient (Wildman–Crippen LogP) is 4.47. The van der Waals surface area contributed by atoms with Crippen molar-refractivity contribution in [1.82, 2.24) is 0 Å². The number of halogens is 1. The average Bonchev–Trinajstić information content (AvgIpc) is 3.25. The molecule has 0 saturated carbocycles. The number of esters is 1. The van der Waals surface area contributed by atoms with Gasteiger partial charge in [0.15, 0.2) is 0 Å². The molecule has 0 radical (unpaired) electrons. The van der Waals surface area contributed by atoms with Crippen LogP contribution in [0.15, 0.2) is 74.3 Å². The van der Waals surface area contributed by atoms with E-state index < -0.39 is 11.6 Å². The Kier molecular flexibility index (Phi) is 5.70. The fourth-order valence-corrected chi connectivity index (χ4v) is 2.92.